The van der Waals surface area contributed by atoms with Crippen LogP contribution in [0.25, 0.3) is 11.3 Å². The van der Waals surface area contributed by atoms with Crippen molar-refractivity contribution in [2.45, 2.75) is 12.8 Å². The highest BCUT2D eigenvalue weighted by atomic mass is 16.5. The molecule has 1 amide bonds. The number of hydrogen-bond donors (Lipinski definition) is 1. The fourth-order valence-corrected chi connectivity index (χ4v) is 3.56. The Balaban J connectivity index is 1.76. The molecule has 3 heterocycles. The summed E-state index contributed by atoms with van der Waals surface area (Å²) in [6.45, 7) is 5.61. The molecule has 0 fully saturated rings. The third-order valence-electron chi connectivity index (χ3n) is 5.19. The Morgan fingerprint density at radius 3 is 2.19 bits per heavy atom. The number of hydrogen-bond acceptors (Lipinski definition) is 5. The van der Waals surface area contributed by atoms with Crippen molar-refractivity contribution in [1.82, 2.24) is 14.9 Å². The molecule has 0 spiro atoms. The highest BCUT2D eigenvalue weighted by molar-refractivity contribution is 5.94. The first kappa shape index (κ1) is 20.3. The number of carboxylic acid groups (broad SMARTS) is 1. The molecule has 31 heavy (non-hydrogen) atoms. The fourth-order valence-electron chi connectivity index (χ4n) is 3.56. The topological polar surface area (TPSA) is 92.6 Å². The predicted octanol–water partition coefficient (Wildman–Crippen LogP) is 4.03. The van der Waals surface area contributed by atoms with Gasteiger partial charge in [-0.3, -0.25) is 4.79 Å². The van der Waals surface area contributed by atoms with Gasteiger partial charge in [-0.1, -0.05) is 30.8 Å². The number of fused-ring (bicyclic) bond motifs is 2. The van der Waals surface area contributed by atoms with Crippen LogP contribution in [0.3, 0.4) is 0 Å². The van der Waals surface area contributed by atoms with Crippen molar-refractivity contribution in [2.24, 2.45) is 0 Å². The molecule has 0 aliphatic carbocycles. The highest BCUT2D eigenvalue weighted by Crippen LogP contribution is 2.46. The van der Waals surface area contributed by atoms with Crippen molar-refractivity contribution in [3.05, 3.63) is 83.1 Å². The van der Waals surface area contributed by atoms with E-state index in [1.807, 2.05) is 31.2 Å². The zero-order valence-corrected chi connectivity index (χ0v) is 17.4. The second-order valence-electron chi connectivity index (χ2n) is 7.58. The van der Waals surface area contributed by atoms with Crippen LogP contribution in [0, 0.1) is 6.92 Å². The van der Waals surface area contributed by atoms with Crippen LogP contribution in [0.15, 0.2) is 60.7 Å². The number of carbonyl (C=O) groups is 2. The minimum absolute atomic E-state index is 0.0255. The molecule has 1 aliphatic rings. The quantitative estimate of drug-likeness (QED) is 0.647. The number of amides is 1. The maximum atomic E-state index is 12.1. The minimum atomic E-state index is -1.09. The molecule has 4 rings (SSSR count). The molecule has 1 aliphatic heterocycles. The average molecular weight is 415 g/mol. The molecule has 1 atom stereocenters. The third kappa shape index (κ3) is 3.66. The van der Waals surface area contributed by atoms with Gasteiger partial charge in [0.05, 0.1) is 11.6 Å². The van der Waals surface area contributed by atoms with E-state index in [0.717, 1.165) is 11.3 Å². The Morgan fingerprint density at radius 2 is 1.58 bits per heavy atom. The molecule has 7 heteroatoms. The van der Waals surface area contributed by atoms with Crippen LogP contribution in [0.1, 0.15) is 33.1 Å². The summed E-state index contributed by atoms with van der Waals surface area (Å²) in [5.74, 6) is -1.15. The van der Waals surface area contributed by atoms with Crippen molar-refractivity contribution in [3.8, 4) is 23.0 Å². The first-order valence-electron chi connectivity index (χ1n) is 9.66. The van der Waals surface area contributed by atoms with Gasteiger partial charge in [-0.25, -0.2) is 14.8 Å². The number of aliphatic carboxylic acids is 1. The van der Waals surface area contributed by atoms with Gasteiger partial charge < -0.3 is 14.7 Å². The molecular formula is C24H21N3O4. The molecule has 156 valence electrons. The van der Waals surface area contributed by atoms with Gasteiger partial charge in [0.1, 0.15) is 0 Å². The van der Waals surface area contributed by atoms with Crippen molar-refractivity contribution in [3.63, 3.8) is 0 Å². The summed E-state index contributed by atoms with van der Waals surface area (Å²) in [6.07, 6.45) is 0. The Labute approximate surface area is 179 Å². The number of carboxylic acids is 1. The van der Waals surface area contributed by atoms with Gasteiger partial charge >= 0.3 is 5.97 Å². The fraction of sp³-hybridized carbons (Fsp3) is 0.167. The van der Waals surface area contributed by atoms with Crippen molar-refractivity contribution < 1.29 is 19.4 Å². The number of carbonyl (C=O) groups excluding carboxylic acids is 1. The normalized spacial score (nSPS) is 14.1. The average Bonchev–Trinajstić information content (AvgIpc) is 2.76. The van der Waals surface area contributed by atoms with Crippen LogP contribution in [0.5, 0.6) is 11.8 Å². The lowest BCUT2D eigenvalue weighted by molar-refractivity contribution is -0.132. The number of ether oxygens (including phenoxy) is 1. The summed E-state index contributed by atoms with van der Waals surface area (Å²) >= 11 is 0. The number of rotatable bonds is 4. The van der Waals surface area contributed by atoms with Crippen LogP contribution < -0.4 is 4.74 Å². The standard InChI is InChI=1S/C24H21N3O4/c1-13-5-10-17-20(14(2)24(29)30)18-11-12-19(26-22(18)31-21(17)25-13)15-6-8-16(9-7-15)23(28)27(3)4/h5-12,20H,2H2,1,3-4H3,(H,29,30). The van der Waals surface area contributed by atoms with E-state index in [1.165, 1.54) is 4.90 Å². The SMILES string of the molecule is C=C(C(=O)O)C1c2ccc(C)nc2Oc2nc(-c3ccc(C(=O)N(C)C)cc3)ccc21. The lowest BCUT2D eigenvalue weighted by Crippen LogP contribution is -2.21. The lowest BCUT2D eigenvalue weighted by Gasteiger charge is -2.27. The molecule has 0 saturated carbocycles. The summed E-state index contributed by atoms with van der Waals surface area (Å²) in [6, 6.07) is 14.4. The molecule has 3 aromatic rings. The van der Waals surface area contributed by atoms with E-state index in [0.29, 0.717) is 34.1 Å². The second-order valence-corrected chi connectivity index (χ2v) is 7.58. The first-order valence-corrected chi connectivity index (χ1v) is 9.66. The van der Waals surface area contributed by atoms with Crippen LogP contribution >= 0.6 is 0 Å². The Morgan fingerprint density at radius 1 is 0.968 bits per heavy atom. The second kappa shape index (κ2) is 7.68. The number of aryl methyl sites for hydroxylation is 1. The Hall–Kier alpha value is -4.00. The first-order chi connectivity index (χ1) is 14.8. The van der Waals surface area contributed by atoms with E-state index in [9.17, 15) is 14.7 Å². The van der Waals surface area contributed by atoms with Crippen LogP contribution in [-0.4, -0.2) is 45.9 Å². The lowest BCUT2D eigenvalue weighted by atomic mass is 9.84. The molecular weight excluding hydrogens is 394 g/mol. The number of nitrogens with zero attached hydrogens (tertiary/aromatic N) is 3. The maximum Gasteiger partial charge on any atom is 0.331 e. The molecule has 1 unspecified atom stereocenters. The number of benzene rings is 1. The van der Waals surface area contributed by atoms with Crippen LogP contribution in [0.2, 0.25) is 0 Å². The van der Waals surface area contributed by atoms with Gasteiger partial charge in [-0.15, -0.1) is 0 Å². The summed E-state index contributed by atoms with van der Waals surface area (Å²) < 4.78 is 5.96. The van der Waals surface area contributed by atoms with Crippen molar-refractivity contribution >= 4 is 11.9 Å². The molecule has 1 N–H and O–H groups in total. The maximum absolute atomic E-state index is 12.1. The van der Waals surface area contributed by atoms with Gasteiger partial charge in [-0.05, 0) is 31.2 Å². The summed E-state index contributed by atoms with van der Waals surface area (Å²) in [4.78, 5) is 34.4. The van der Waals surface area contributed by atoms with E-state index in [2.05, 4.69) is 16.5 Å². The Bertz CT molecular complexity index is 1220. The van der Waals surface area contributed by atoms with Crippen LogP contribution in [-0.2, 0) is 4.79 Å². The van der Waals surface area contributed by atoms with Gasteiger partial charge in [0.15, 0.2) is 0 Å². The number of pyridine rings is 2. The van der Waals surface area contributed by atoms with Gasteiger partial charge in [-0.2, -0.15) is 0 Å². The highest BCUT2D eigenvalue weighted by Gasteiger charge is 2.34. The van der Waals surface area contributed by atoms with Crippen molar-refractivity contribution in [2.75, 3.05) is 14.1 Å². The minimum Gasteiger partial charge on any atom is -0.478 e. The molecule has 1 aromatic carbocycles. The van der Waals surface area contributed by atoms with E-state index >= 15 is 0 Å². The largest absolute Gasteiger partial charge is 0.478 e. The van der Waals surface area contributed by atoms with Crippen LogP contribution in [0.4, 0.5) is 0 Å². The summed E-state index contributed by atoms with van der Waals surface area (Å²) in [5, 5.41) is 9.57. The molecule has 0 saturated heterocycles. The molecule has 7 nitrogen and oxygen atoms in total. The van der Waals surface area contributed by atoms with E-state index in [1.54, 1.807) is 38.4 Å². The van der Waals surface area contributed by atoms with E-state index < -0.39 is 11.9 Å². The van der Waals surface area contributed by atoms with Gasteiger partial charge in [0, 0.05) is 47.6 Å². The summed E-state index contributed by atoms with van der Waals surface area (Å²) in [5.41, 5.74) is 4.06. The molecule has 2 aromatic heterocycles. The summed E-state index contributed by atoms with van der Waals surface area (Å²) in [7, 11) is 3.40. The van der Waals surface area contributed by atoms with E-state index in [-0.39, 0.29) is 11.5 Å². The molecule has 0 bridgehead atoms. The zero-order valence-electron chi connectivity index (χ0n) is 17.4. The van der Waals surface area contributed by atoms with E-state index in [4.69, 9.17) is 4.74 Å². The monoisotopic (exact) mass is 415 g/mol. The van der Waals surface area contributed by atoms with Crippen molar-refractivity contribution in [1.29, 1.82) is 0 Å². The van der Waals surface area contributed by atoms with Gasteiger partial charge in [0.25, 0.3) is 5.91 Å². The molecule has 0 radical (unpaired) electrons. The predicted molar refractivity (Wildman–Crippen MR) is 115 cm³/mol. The third-order valence-corrected chi connectivity index (χ3v) is 5.19. The smallest absolute Gasteiger partial charge is 0.331 e. The number of aromatic nitrogens is 2. The Kier molecular flexibility index (Phi) is 5.02. The van der Waals surface area contributed by atoms with Gasteiger partial charge in [0.2, 0.25) is 11.8 Å². The zero-order chi connectivity index (χ0) is 22.3.